The SMILES string of the molecule is COc1ccc(C2=NN(C(N)=S)[C@@H](c3cc(OC)c(OC)c(OC)c3)C2)cc1. The summed E-state index contributed by atoms with van der Waals surface area (Å²) in [7, 11) is 6.37. The van der Waals surface area contributed by atoms with Crippen molar-refractivity contribution in [3.8, 4) is 23.0 Å². The minimum absolute atomic E-state index is 0.177. The zero-order valence-electron chi connectivity index (χ0n) is 16.3. The van der Waals surface area contributed by atoms with Gasteiger partial charge in [0.1, 0.15) is 5.75 Å². The molecule has 1 aliphatic rings. The molecule has 0 spiro atoms. The molecule has 0 radical (unpaired) electrons. The minimum atomic E-state index is -0.177. The van der Waals surface area contributed by atoms with Crippen LogP contribution in [0, 0.1) is 0 Å². The Hall–Kier alpha value is -3.00. The first-order valence-corrected chi connectivity index (χ1v) is 9.03. The molecule has 7 nitrogen and oxygen atoms in total. The number of rotatable bonds is 6. The number of hydrogen-bond acceptors (Lipinski definition) is 6. The van der Waals surface area contributed by atoms with Gasteiger partial charge in [-0.1, -0.05) is 0 Å². The predicted molar refractivity (Wildman–Crippen MR) is 112 cm³/mol. The summed E-state index contributed by atoms with van der Waals surface area (Å²) in [4.78, 5) is 0. The molecule has 0 aromatic heterocycles. The monoisotopic (exact) mass is 401 g/mol. The highest BCUT2D eigenvalue weighted by molar-refractivity contribution is 7.80. The molecule has 0 saturated carbocycles. The third-order valence-electron chi connectivity index (χ3n) is 4.63. The van der Waals surface area contributed by atoms with E-state index in [0.717, 1.165) is 22.6 Å². The van der Waals surface area contributed by atoms with E-state index in [1.165, 1.54) is 0 Å². The van der Waals surface area contributed by atoms with Crippen molar-refractivity contribution in [3.05, 3.63) is 47.5 Å². The Morgan fingerprint density at radius 1 is 1.00 bits per heavy atom. The van der Waals surface area contributed by atoms with Crippen LogP contribution in [0.25, 0.3) is 0 Å². The van der Waals surface area contributed by atoms with Crippen LogP contribution >= 0.6 is 12.2 Å². The van der Waals surface area contributed by atoms with Crippen LogP contribution in [0.15, 0.2) is 41.5 Å². The van der Waals surface area contributed by atoms with Gasteiger partial charge in [-0.05, 0) is 59.7 Å². The summed E-state index contributed by atoms with van der Waals surface area (Å²) in [5.41, 5.74) is 8.73. The van der Waals surface area contributed by atoms with Crippen LogP contribution in [0.2, 0.25) is 0 Å². The van der Waals surface area contributed by atoms with E-state index in [1.807, 2.05) is 36.4 Å². The maximum absolute atomic E-state index is 5.95. The molecule has 0 saturated heterocycles. The van der Waals surface area contributed by atoms with Gasteiger partial charge in [-0.3, -0.25) is 0 Å². The Bertz CT molecular complexity index is 874. The topological polar surface area (TPSA) is 78.5 Å². The van der Waals surface area contributed by atoms with Crippen LogP contribution in [0.1, 0.15) is 23.6 Å². The molecule has 2 aromatic rings. The highest BCUT2D eigenvalue weighted by Crippen LogP contribution is 2.43. The molecule has 0 bridgehead atoms. The average Bonchev–Trinajstić information content (AvgIpc) is 3.18. The van der Waals surface area contributed by atoms with Gasteiger partial charge in [-0.15, -0.1) is 0 Å². The van der Waals surface area contributed by atoms with Crippen LogP contribution in [0.3, 0.4) is 0 Å². The van der Waals surface area contributed by atoms with Gasteiger partial charge in [-0.25, -0.2) is 5.01 Å². The highest BCUT2D eigenvalue weighted by atomic mass is 32.1. The molecule has 0 unspecified atom stereocenters. The molecule has 1 heterocycles. The first-order chi connectivity index (χ1) is 13.5. The van der Waals surface area contributed by atoms with Gasteiger partial charge >= 0.3 is 0 Å². The quantitative estimate of drug-likeness (QED) is 0.745. The van der Waals surface area contributed by atoms with Crippen molar-refractivity contribution in [2.75, 3.05) is 28.4 Å². The summed E-state index contributed by atoms with van der Waals surface area (Å²) >= 11 is 5.24. The number of thiocarbonyl (C=S) groups is 1. The molecule has 3 rings (SSSR count). The smallest absolute Gasteiger partial charge is 0.203 e. The lowest BCUT2D eigenvalue weighted by Gasteiger charge is -2.23. The molecule has 148 valence electrons. The Labute approximate surface area is 169 Å². The van der Waals surface area contributed by atoms with Crippen LogP contribution in [0.4, 0.5) is 0 Å². The van der Waals surface area contributed by atoms with E-state index < -0.39 is 0 Å². The molecule has 1 aliphatic heterocycles. The normalized spacial score (nSPS) is 15.8. The Morgan fingerprint density at radius 3 is 2.07 bits per heavy atom. The Kier molecular flexibility index (Phi) is 5.89. The number of methoxy groups -OCH3 is 4. The van der Waals surface area contributed by atoms with E-state index in [9.17, 15) is 0 Å². The molecule has 28 heavy (non-hydrogen) atoms. The summed E-state index contributed by atoms with van der Waals surface area (Å²) in [6.07, 6.45) is 0.627. The largest absolute Gasteiger partial charge is 0.497 e. The van der Waals surface area contributed by atoms with Crippen molar-refractivity contribution in [1.82, 2.24) is 5.01 Å². The first kappa shape index (κ1) is 19.8. The Morgan fingerprint density at radius 2 is 1.61 bits per heavy atom. The lowest BCUT2D eigenvalue weighted by Crippen LogP contribution is -2.31. The molecule has 2 N–H and O–H groups in total. The fourth-order valence-corrected chi connectivity index (χ4v) is 3.39. The molecule has 2 aromatic carbocycles. The third kappa shape index (κ3) is 3.68. The molecule has 0 amide bonds. The molecule has 0 aliphatic carbocycles. The van der Waals surface area contributed by atoms with Crippen molar-refractivity contribution in [3.63, 3.8) is 0 Å². The second kappa shape index (κ2) is 8.35. The maximum atomic E-state index is 5.95. The highest BCUT2D eigenvalue weighted by Gasteiger charge is 2.32. The van der Waals surface area contributed by atoms with Crippen LogP contribution < -0.4 is 24.7 Å². The lowest BCUT2D eigenvalue weighted by atomic mass is 9.97. The number of nitrogens with two attached hydrogens (primary N) is 1. The van der Waals surface area contributed by atoms with Crippen molar-refractivity contribution >= 4 is 23.0 Å². The van der Waals surface area contributed by atoms with E-state index in [2.05, 4.69) is 5.10 Å². The van der Waals surface area contributed by atoms with Gasteiger partial charge < -0.3 is 24.7 Å². The van der Waals surface area contributed by atoms with E-state index >= 15 is 0 Å². The summed E-state index contributed by atoms with van der Waals surface area (Å²) < 4.78 is 21.6. The van der Waals surface area contributed by atoms with E-state index in [0.29, 0.717) is 23.7 Å². The number of ether oxygens (including phenoxy) is 4. The zero-order valence-corrected chi connectivity index (χ0v) is 17.1. The number of nitrogens with zero attached hydrogens (tertiary/aromatic N) is 2. The summed E-state index contributed by atoms with van der Waals surface area (Å²) in [6.45, 7) is 0. The molecule has 8 heteroatoms. The number of hydrazone groups is 1. The molecular weight excluding hydrogens is 378 g/mol. The van der Waals surface area contributed by atoms with Gasteiger partial charge in [0.05, 0.1) is 40.2 Å². The molecule has 1 atom stereocenters. The van der Waals surface area contributed by atoms with Crippen molar-refractivity contribution in [1.29, 1.82) is 0 Å². The van der Waals surface area contributed by atoms with Crippen molar-refractivity contribution < 1.29 is 18.9 Å². The fourth-order valence-electron chi connectivity index (χ4n) is 3.22. The van der Waals surface area contributed by atoms with Gasteiger partial charge in [-0.2, -0.15) is 5.10 Å². The van der Waals surface area contributed by atoms with Crippen LogP contribution in [-0.2, 0) is 0 Å². The standard InChI is InChI=1S/C20H23N3O4S/c1-24-14-7-5-12(6-8-14)15-11-16(23(22-15)20(21)28)13-9-17(25-2)19(27-4)18(10-13)26-3/h5-10,16H,11H2,1-4H3,(H2,21,28)/t16-/m1/s1. The number of hydrogen-bond donors (Lipinski definition) is 1. The maximum Gasteiger partial charge on any atom is 0.203 e. The molecule has 0 fully saturated rings. The lowest BCUT2D eigenvalue weighted by molar-refractivity contribution is 0.319. The fraction of sp³-hybridized carbons (Fsp3) is 0.300. The van der Waals surface area contributed by atoms with Gasteiger partial charge in [0.2, 0.25) is 5.75 Å². The van der Waals surface area contributed by atoms with E-state index in [1.54, 1.807) is 33.4 Å². The van der Waals surface area contributed by atoms with Gasteiger partial charge in [0.15, 0.2) is 16.6 Å². The van der Waals surface area contributed by atoms with Crippen molar-refractivity contribution in [2.24, 2.45) is 10.8 Å². The minimum Gasteiger partial charge on any atom is -0.497 e. The molecular formula is C20H23N3O4S. The predicted octanol–water partition coefficient (Wildman–Crippen LogP) is 3.12. The van der Waals surface area contributed by atoms with Crippen LogP contribution in [0.5, 0.6) is 23.0 Å². The zero-order chi connectivity index (χ0) is 20.3. The first-order valence-electron chi connectivity index (χ1n) is 8.62. The van der Waals surface area contributed by atoms with Crippen LogP contribution in [-0.4, -0.2) is 44.3 Å². The van der Waals surface area contributed by atoms with Gasteiger partial charge in [0, 0.05) is 6.42 Å². The van der Waals surface area contributed by atoms with Gasteiger partial charge in [0.25, 0.3) is 0 Å². The van der Waals surface area contributed by atoms with Crippen molar-refractivity contribution in [2.45, 2.75) is 12.5 Å². The van der Waals surface area contributed by atoms with E-state index in [-0.39, 0.29) is 11.2 Å². The third-order valence-corrected chi connectivity index (χ3v) is 4.82. The summed E-state index contributed by atoms with van der Waals surface area (Å²) in [5, 5.41) is 6.50. The average molecular weight is 401 g/mol. The summed E-state index contributed by atoms with van der Waals surface area (Å²) in [6, 6.07) is 11.3. The van der Waals surface area contributed by atoms with E-state index in [4.69, 9.17) is 36.9 Å². The number of benzene rings is 2. The second-order valence-corrected chi connectivity index (χ2v) is 6.55. The second-order valence-electron chi connectivity index (χ2n) is 6.14. The summed E-state index contributed by atoms with van der Waals surface area (Å²) in [5.74, 6) is 2.45. The Balaban J connectivity index is 1.99.